The monoisotopic (exact) mass is 425 g/mol. The van der Waals surface area contributed by atoms with Crippen LogP contribution < -0.4 is 4.87 Å². The summed E-state index contributed by atoms with van der Waals surface area (Å²) in [5.74, 6) is -0.417. The number of benzene rings is 2. The second-order valence-corrected chi connectivity index (χ2v) is 8.81. The summed E-state index contributed by atoms with van der Waals surface area (Å²) in [6.07, 6.45) is 0. The molecule has 1 amide bonds. The van der Waals surface area contributed by atoms with E-state index in [1.807, 2.05) is 42.2 Å². The summed E-state index contributed by atoms with van der Waals surface area (Å²) in [6.45, 7) is 3.98. The fraction of sp³-hybridized carbons (Fsp3) is 0.304. The molecule has 0 radical (unpaired) electrons. The van der Waals surface area contributed by atoms with Gasteiger partial charge in [0.1, 0.15) is 12.4 Å². The highest BCUT2D eigenvalue weighted by Crippen LogP contribution is 2.28. The van der Waals surface area contributed by atoms with Crippen LogP contribution in [0.25, 0.3) is 11.3 Å². The van der Waals surface area contributed by atoms with E-state index in [1.165, 1.54) is 16.7 Å². The van der Waals surface area contributed by atoms with Crippen molar-refractivity contribution < 1.29 is 9.18 Å². The van der Waals surface area contributed by atoms with Crippen LogP contribution >= 0.6 is 11.3 Å². The van der Waals surface area contributed by atoms with Crippen molar-refractivity contribution in [3.63, 3.8) is 0 Å². The van der Waals surface area contributed by atoms with Crippen LogP contribution in [0.2, 0.25) is 0 Å². The minimum absolute atomic E-state index is 0.0249. The highest BCUT2D eigenvalue weighted by molar-refractivity contribution is 7.09. The van der Waals surface area contributed by atoms with E-state index in [2.05, 4.69) is 11.9 Å². The number of aromatic nitrogens is 1. The van der Waals surface area contributed by atoms with Crippen molar-refractivity contribution in [2.75, 3.05) is 26.7 Å². The number of hydrogen-bond donors (Lipinski definition) is 0. The number of likely N-dealkylation sites (N-methyl/N-ethyl adjacent to an activating group) is 1. The first-order valence-corrected chi connectivity index (χ1v) is 10.7. The van der Waals surface area contributed by atoms with Gasteiger partial charge < -0.3 is 9.80 Å². The molecule has 1 aliphatic rings. The van der Waals surface area contributed by atoms with Gasteiger partial charge in [0.15, 0.2) is 0 Å². The molecule has 30 heavy (non-hydrogen) atoms. The van der Waals surface area contributed by atoms with Crippen molar-refractivity contribution >= 4 is 17.2 Å². The summed E-state index contributed by atoms with van der Waals surface area (Å²) in [7, 11) is 2.05. The van der Waals surface area contributed by atoms with Crippen molar-refractivity contribution in [3.05, 3.63) is 80.5 Å². The molecule has 2 heterocycles. The highest BCUT2D eigenvalue weighted by atomic mass is 32.1. The average Bonchev–Trinajstić information content (AvgIpc) is 3.02. The molecule has 0 aliphatic carbocycles. The van der Waals surface area contributed by atoms with Gasteiger partial charge in [-0.15, -0.1) is 0 Å². The number of thiazole rings is 1. The Morgan fingerprint density at radius 3 is 2.50 bits per heavy atom. The lowest BCUT2D eigenvalue weighted by molar-refractivity contribution is -0.136. The zero-order valence-electron chi connectivity index (χ0n) is 17.0. The molecule has 1 aliphatic heterocycles. The maximum absolute atomic E-state index is 13.4. The SMILES string of the molecule is Cc1sc(=O)n(CC(=O)N2CCN(C)C[C@@H]2c2ccccc2)c1-c1ccc(F)cc1. The first-order valence-electron chi connectivity index (χ1n) is 9.93. The van der Waals surface area contributed by atoms with Crippen LogP contribution in [0.15, 0.2) is 59.4 Å². The van der Waals surface area contributed by atoms with Crippen LogP contribution in [0, 0.1) is 12.7 Å². The van der Waals surface area contributed by atoms with Crippen LogP contribution in [-0.4, -0.2) is 47.0 Å². The summed E-state index contributed by atoms with van der Waals surface area (Å²) in [4.78, 5) is 30.7. The van der Waals surface area contributed by atoms with Crippen molar-refractivity contribution in [3.8, 4) is 11.3 Å². The second kappa shape index (κ2) is 8.53. The Bertz CT molecular complexity index is 1090. The largest absolute Gasteiger partial charge is 0.332 e. The molecule has 1 saturated heterocycles. The molecule has 1 atom stereocenters. The van der Waals surface area contributed by atoms with Gasteiger partial charge >= 0.3 is 4.87 Å². The average molecular weight is 426 g/mol. The number of piperazine rings is 1. The lowest BCUT2D eigenvalue weighted by atomic mass is 10.0. The number of halogens is 1. The number of rotatable bonds is 4. The third-order valence-corrected chi connectivity index (χ3v) is 6.46. The predicted molar refractivity (Wildman–Crippen MR) is 117 cm³/mol. The molecule has 1 aromatic heterocycles. The molecule has 5 nitrogen and oxygen atoms in total. The molecular weight excluding hydrogens is 401 g/mol. The maximum atomic E-state index is 13.4. The molecule has 0 bridgehead atoms. The minimum atomic E-state index is -0.334. The van der Waals surface area contributed by atoms with E-state index < -0.39 is 0 Å². The molecule has 0 spiro atoms. The van der Waals surface area contributed by atoms with Gasteiger partial charge in [-0.25, -0.2) is 4.39 Å². The summed E-state index contributed by atoms with van der Waals surface area (Å²) in [5, 5.41) is 0. The molecule has 0 saturated carbocycles. The van der Waals surface area contributed by atoms with Crippen LogP contribution in [0.5, 0.6) is 0 Å². The smallest absolute Gasteiger partial charge is 0.308 e. The molecule has 1 fully saturated rings. The fourth-order valence-electron chi connectivity index (χ4n) is 4.03. The Morgan fingerprint density at radius 2 is 1.80 bits per heavy atom. The second-order valence-electron chi connectivity index (χ2n) is 7.64. The van der Waals surface area contributed by atoms with Gasteiger partial charge in [0.05, 0.1) is 11.7 Å². The maximum Gasteiger partial charge on any atom is 0.308 e. The van der Waals surface area contributed by atoms with E-state index in [0.29, 0.717) is 12.2 Å². The topological polar surface area (TPSA) is 45.6 Å². The lowest BCUT2D eigenvalue weighted by Crippen LogP contribution is -2.50. The first kappa shape index (κ1) is 20.5. The first-order chi connectivity index (χ1) is 14.4. The van der Waals surface area contributed by atoms with Gasteiger partial charge in [-0.1, -0.05) is 41.7 Å². The van der Waals surface area contributed by atoms with Crippen LogP contribution in [0.4, 0.5) is 4.39 Å². The predicted octanol–water partition coefficient (Wildman–Crippen LogP) is 3.54. The summed E-state index contributed by atoms with van der Waals surface area (Å²) in [6, 6.07) is 16.0. The Balaban J connectivity index is 1.65. The Kier molecular flexibility index (Phi) is 5.83. The van der Waals surface area contributed by atoms with E-state index in [1.54, 1.807) is 12.1 Å². The van der Waals surface area contributed by atoms with E-state index in [-0.39, 0.29) is 29.2 Å². The van der Waals surface area contributed by atoms with E-state index in [4.69, 9.17) is 0 Å². The number of amides is 1. The van der Waals surface area contributed by atoms with E-state index in [9.17, 15) is 14.0 Å². The van der Waals surface area contributed by atoms with Crippen LogP contribution in [0.3, 0.4) is 0 Å². The van der Waals surface area contributed by atoms with E-state index in [0.717, 1.165) is 40.4 Å². The van der Waals surface area contributed by atoms with Gasteiger partial charge in [0, 0.05) is 24.5 Å². The Hall–Kier alpha value is -2.77. The normalized spacial score (nSPS) is 17.3. The standard InChI is InChI=1S/C23H24FN3O2S/c1-16-22(18-8-10-19(24)11-9-18)27(23(29)30-16)15-21(28)26-13-12-25(2)14-20(26)17-6-4-3-5-7-17/h3-11,20H,12-15H2,1-2H3/t20-/m1/s1. The van der Waals surface area contributed by atoms with Gasteiger partial charge in [-0.3, -0.25) is 14.2 Å². The number of hydrogen-bond acceptors (Lipinski definition) is 4. The molecule has 156 valence electrons. The van der Waals surface area contributed by atoms with Crippen molar-refractivity contribution in [1.82, 2.24) is 14.4 Å². The van der Waals surface area contributed by atoms with Crippen LogP contribution in [0.1, 0.15) is 16.5 Å². The number of aryl methyl sites for hydroxylation is 1. The summed E-state index contributed by atoms with van der Waals surface area (Å²) in [5.41, 5.74) is 2.51. The summed E-state index contributed by atoms with van der Waals surface area (Å²) < 4.78 is 14.9. The van der Waals surface area contributed by atoms with Gasteiger partial charge in [-0.05, 0) is 49.4 Å². The molecule has 3 aromatic rings. The zero-order valence-corrected chi connectivity index (χ0v) is 17.9. The molecular formula is C23H24FN3O2S. The van der Waals surface area contributed by atoms with Gasteiger partial charge in [-0.2, -0.15) is 0 Å². The van der Waals surface area contributed by atoms with Crippen molar-refractivity contribution in [2.24, 2.45) is 0 Å². The minimum Gasteiger partial charge on any atom is -0.332 e. The Morgan fingerprint density at radius 1 is 1.10 bits per heavy atom. The molecule has 0 unspecified atom stereocenters. The Labute approximate surface area is 179 Å². The quantitative estimate of drug-likeness (QED) is 0.642. The van der Waals surface area contributed by atoms with Crippen molar-refractivity contribution in [1.29, 1.82) is 0 Å². The van der Waals surface area contributed by atoms with Gasteiger partial charge in [0.25, 0.3) is 0 Å². The van der Waals surface area contributed by atoms with Crippen LogP contribution in [-0.2, 0) is 11.3 Å². The molecule has 0 N–H and O–H groups in total. The summed E-state index contributed by atoms with van der Waals surface area (Å²) >= 11 is 1.12. The zero-order chi connectivity index (χ0) is 21.3. The fourth-order valence-corrected chi connectivity index (χ4v) is 4.88. The molecule has 4 rings (SSSR count). The lowest BCUT2D eigenvalue weighted by Gasteiger charge is -2.40. The number of carbonyl (C=O) groups is 1. The third-order valence-electron chi connectivity index (χ3n) is 5.56. The third kappa shape index (κ3) is 4.08. The molecule has 2 aromatic carbocycles. The van der Waals surface area contributed by atoms with Crippen molar-refractivity contribution in [2.45, 2.75) is 19.5 Å². The number of carbonyl (C=O) groups excluding carboxylic acids is 1. The highest BCUT2D eigenvalue weighted by Gasteiger charge is 2.31. The molecule has 7 heteroatoms. The van der Waals surface area contributed by atoms with E-state index >= 15 is 0 Å². The number of nitrogens with zero attached hydrogens (tertiary/aromatic N) is 3. The van der Waals surface area contributed by atoms with Gasteiger partial charge in [0.2, 0.25) is 5.91 Å².